The molecule has 218 valence electrons. The van der Waals surface area contributed by atoms with Gasteiger partial charge in [0.25, 0.3) is 5.56 Å². The predicted octanol–water partition coefficient (Wildman–Crippen LogP) is 8.29. The van der Waals surface area contributed by atoms with Crippen LogP contribution in [0.1, 0.15) is 72.3 Å². The maximum atomic E-state index is 13.7. The molecule has 1 N–H and O–H groups in total. The highest BCUT2D eigenvalue weighted by atomic mass is 79.9. The Bertz CT molecular complexity index is 1730. The molecule has 0 unspecified atom stereocenters. The van der Waals surface area contributed by atoms with Gasteiger partial charge in [0, 0.05) is 20.4 Å². The molecular formula is C31H28Br3N3O5. The molecule has 1 saturated carbocycles. The van der Waals surface area contributed by atoms with Gasteiger partial charge in [-0.25, -0.2) is 9.78 Å². The maximum Gasteiger partial charge on any atom is 0.335 e. The molecule has 1 fully saturated rings. The van der Waals surface area contributed by atoms with Gasteiger partial charge >= 0.3 is 5.97 Å². The molecule has 0 saturated heterocycles. The van der Waals surface area contributed by atoms with E-state index in [1.807, 2.05) is 19.1 Å². The van der Waals surface area contributed by atoms with E-state index in [2.05, 4.69) is 52.9 Å². The van der Waals surface area contributed by atoms with Crippen LogP contribution in [0.25, 0.3) is 10.9 Å². The fourth-order valence-electron chi connectivity index (χ4n) is 5.07. The number of hydrogen-bond donors (Lipinski definition) is 1. The third-order valence-electron chi connectivity index (χ3n) is 7.13. The van der Waals surface area contributed by atoms with Crippen LogP contribution in [0.2, 0.25) is 0 Å². The lowest BCUT2D eigenvalue weighted by molar-refractivity contribution is 0.0696. The third kappa shape index (κ3) is 6.63. The fraction of sp³-hybridized carbons (Fsp3) is 0.290. The third-order valence-corrected chi connectivity index (χ3v) is 9.77. The number of benzene rings is 3. The average Bonchev–Trinajstić information content (AvgIpc) is 2.99. The number of carboxylic acids is 1. The van der Waals surface area contributed by atoms with Crippen LogP contribution in [-0.2, 0) is 6.61 Å². The summed E-state index contributed by atoms with van der Waals surface area (Å²) in [7, 11) is 0. The van der Waals surface area contributed by atoms with Gasteiger partial charge in [0.15, 0.2) is 11.5 Å². The number of halogens is 3. The minimum Gasteiger partial charge on any atom is -0.490 e. The lowest BCUT2D eigenvalue weighted by atomic mass is 9.88. The molecule has 0 aliphatic heterocycles. The molecular weight excluding hydrogens is 734 g/mol. The van der Waals surface area contributed by atoms with Crippen molar-refractivity contribution in [2.24, 2.45) is 5.10 Å². The normalized spacial score (nSPS) is 14.0. The van der Waals surface area contributed by atoms with Gasteiger partial charge in [0.05, 0.1) is 33.8 Å². The number of nitrogens with zero attached hydrogens (tertiary/aromatic N) is 3. The first-order chi connectivity index (χ1) is 20.3. The Morgan fingerprint density at radius 1 is 1.07 bits per heavy atom. The summed E-state index contributed by atoms with van der Waals surface area (Å²) in [4.78, 5) is 30.0. The highest BCUT2D eigenvalue weighted by Crippen LogP contribution is 2.43. The van der Waals surface area contributed by atoms with Crippen molar-refractivity contribution in [2.45, 2.75) is 51.6 Å². The van der Waals surface area contributed by atoms with E-state index in [9.17, 15) is 14.7 Å². The van der Waals surface area contributed by atoms with E-state index < -0.39 is 5.97 Å². The highest BCUT2D eigenvalue weighted by Gasteiger charge is 2.23. The van der Waals surface area contributed by atoms with Gasteiger partial charge in [-0.1, -0.05) is 47.3 Å². The van der Waals surface area contributed by atoms with Gasteiger partial charge < -0.3 is 14.6 Å². The molecule has 42 heavy (non-hydrogen) atoms. The molecule has 11 heteroatoms. The van der Waals surface area contributed by atoms with Crippen molar-refractivity contribution < 1.29 is 19.4 Å². The van der Waals surface area contributed by atoms with Crippen molar-refractivity contribution in [3.8, 4) is 11.5 Å². The van der Waals surface area contributed by atoms with E-state index in [1.165, 1.54) is 17.2 Å². The Balaban J connectivity index is 1.53. The van der Waals surface area contributed by atoms with Gasteiger partial charge in [0.1, 0.15) is 12.4 Å². The largest absolute Gasteiger partial charge is 0.490 e. The van der Waals surface area contributed by atoms with Crippen LogP contribution in [0.5, 0.6) is 11.5 Å². The summed E-state index contributed by atoms with van der Waals surface area (Å²) in [6.07, 6.45) is 6.94. The lowest BCUT2D eigenvalue weighted by Gasteiger charge is -2.23. The molecule has 1 heterocycles. The zero-order chi connectivity index (χ0) is 29.8. The van der Waals surface area contributed by atoms with Crippen molar-refractivity contribution in [3.63, 3.8) is 0 Å². The van der Waals surface area contributed by atoms with Crippen molar-refractivity contribution in [1.29, 1.82) is 0 Å². The number of carboxylic acid groups (broad SMARTS) is 1. The van der Waals surface area contributed by atoms with Crippen LogP contribution >= 0.6 is 47.8 Å². The van der Waals surface area contributed by atoms with Gasteiger partial charge in [-0.2, -0.15) is 9.78 Å². The number of aromatic nitrogens is 2. The lowest BCUT2D eigenvalue weighted by Crippen LogP contribution is -2.25. The molecule has 8 nitrogen and oxygen atoms in total. The number of hydrogen-bond acceptors (Lipinski definition) is 6. The summed E-state index contributed by atoms with van der Waals surface area (Å²) in [5.41, 5.74) is 2.00. The number of aromatic carboxylic acids is 1. The number of fused-ring (bicyclic) bond motifs is 1. The Labute approximate surface area is 268 Å². The quantitative estimate of drug-likeness (QED) is 0.172. The molecule has 0 radical (unpaired) electrons. The smallest absolute Gasteiger partial charge is 0.335 e. The van der Waals surface area contributed by atoms with E-state index >= 15 is 0 Å². The van der Waals surface area contributed by atoms with Gasteiger partial charge in [-0.05, 0) is 93.6 Å². The summed E-state index contributed by atoms with van der Waals surface area (Å²) in [5.74, 6) is 0.762. The van der Waals surface area contributed by atoms with E-state index in [0.717, 1.165) is 30.2 Å². The number of rotatable bonds is 9. The molecule has 0 atom stereocenters. The zero-order valence-corrected chi connectivity index (χ0v) is 27.5. The summed E-state index contributed by atoms with van der Waals surface area (Å²) in [5, 5.41) is 14.5. The first kappa shape index (κ1) is 30.4. The van der Waals surface area contributed by atoms with Crippen molar-refractivity contribution in [1.82, 2.24) is 9.66 Å². The standard InChI is InChI=1S/C31H28Br3N3O5/c1-2-41-25-14-21(26(33)27(34)28(25)42-17-18-7-6-10-20(13-18)31(39)40)16-35-37-29(19-8-4-3-5-9-19)36-24-12-11-22(32)15-23(24)30(37)38/h6-7,10-16,19H,2-5,8-9,17H2,1H3,(H,39,40). The minimum atomic E-state index is -1.00. The number of carbonyl (C=O) groups is 1. The van der Waals surface area contributed by atoms with Crippen molar-refractivity contribution in [2.75, 3.05) is 6.61 Å². The molecule has 0 spiro atoms. The SMILES string of the molecule is CCOc1cc(C=Nn2c(C3CCCCC3)nc3ccc(Br)cc3c2=O)c(Br)c(Br)c1OCc1cccc(C(=O)O)c1. The molecule has 4 aromatic rings. The topological polar surface area (TPSA) is 103 Å². The van der Waals surface area contributed by atoms with Gasteiger partial charge in [-0.15, -0.1) is 0 Å². The second-order valence-electron chi connectivity index (χ2n) is 9.98. The number of ether oxygens (including phenoxy) is 2. The van der Waals surface area contributed by atoms with Crippen molar-refractivity contribution in [3.05, 3.63) is 94.8 Å². The van der Waals surface area contributed by atoms with Crippen LogP contribution < -0.4 is 15.0 Å². The van der Waals surface area contributed by atoms with Crippen LogP contribution in [0.4, 0.5) is 0 Å². The molecule has 1 aromatic heterocycles. The Morgan fingerprint density at radius 3 is 2.60 bits per heavy atom. The Kier molecular flexibility index (Phi) is 9.80. The van der Waals surface area contributed by atoms with E-state index in [4.69, 9.17) is 14.5 Å². The molecule has 0 amide bonds. The second kappa shape index (κ2) is 13.5. The molecule has 1 aliphatic carbocycles. The van der Waals surface area contributed by atoms with E-state index in [1.54, 1.807) is 36.5 Å². The second-order valence-corrected chi connectivity index (χ2v) is 12.5. The summed E-state index contributed by atoms with van der Waals surface area (Å²) < 4.78 is 15.5. The summed E-state index contributed by atoms with van der Waals surface area (Å²) in [6, 6.07) is 13.9. The van der Waals surface area contributed by atoms with E-state index in [0.29, 0.717) is 54.9 Å². The average molecular weight is 762 g/mol. The summed E-state index contributed by atoms with van der Waals surface area (Å²) in [6.45, 7) is 2.40. The maximum absolute atomic E-state index is 13.7. The first-order valence-corrected chi connectivity index (χ1v) is 16.0. The molecule has 5 rings (SSSR count). The summed E-state index contributed by atoms with van der Waals surface area (Å²) >= 11 is 10.7. The van der Waals surface area contributed by atoms with Crippen molar-refractivity contribution >= 4 is 70.9 Å². The van der Waals surface area contributed by atoms with Gasteiger partial charge in [-0.3, -0.25) is 4.79 Å². The van der Waals surface area contributed by atoms with Gasteiger partial charge in [0.2, 0.25) is 0 Å². The van der Waals surface area contributed by atoms with Crippen LogP contribution in [-0.4, -0.2) is 33.6 Å². The first-order valence-electron chi connectivity index (χ1n) is 13.6. The van der Waals surface area contributed by atoms with Crippen LogP contribution in [0.3, 0.4) is 0 Å². The Hall–Kier alpha value is -3.02. The minimum absolute atomic E-state index is 0.137. The molecule has 3 aromatic carbocycles. The zero-order valence-electron chi connectivity index (χ0n) is 22.8. The monoisotopic (exact) mass is 759 g/mol. The predicted molar refractivity (Wildman–Crippen MR) is 173 cm³/mol. The highest BCUT2D eigenvalue weighted by molar-refractivity contribution is 9.13. The van der Waals surface area contributed by atoms with Crippen LogP contribution in [0.15, 0.2) is 71.8 Å². The van der Waals surface area contributed by atoms with Crippen LogP contribution in [0, 0.1) is 0 Å². The molecule has 1 aliphatic rings. The molecule has 0 bridgehead atoms. The van der Waals surface area contributed by atoms with E-state index in [-0.39, 0.29) is 23.6 Å². The Morgan fingerprint density at radius 2 is 1.86 bits per heavy atom. The fourth-order valence-corrected chi connectivity index (χ4v) is 6.36.